The maximum absolute atomic E-state index is 16.2. The number of halogens is 2. The summed E-state index contributed by atoms with van der Waals surface area (Å²) in [5.74, 6) is -0.685. The lowest BCUT2D eigenvalue weighted by Crippen LogP contribution is -2.20. The van der Waals surface area contributed by atoms with E-state index in [1.54, 1.807) is 18.5 Å². The number of anilines is 2. The molecule has 0 saturated heterocycles. The molecule has 0 aliphatic carbocycles. The summed E-state index contributed by atoms with van der Waals surface area (Å²) in [6.07, 6.45) is 8.05. The first-order valence-corrected chi connectivity index (χ1v) is 14.5. The molecule has 45 heavy (non-hydrogen) atoms. The van der Waals surface area contributed by atoms with E-state index in [0.29, 0.717) is 63.4 Å². The number of carbonyl (C=O) groups is 1. The van der Waals surface area contributed by atoms with Gasteiger partial charge in [-0.1, -0.05) is 13.8 Å². The van der Waals surface area contributed by atoms with Gasteiger partial charge in [0.2, 0.25) is 5.91 Å². The van der Waals surface area contributed by atoms with Crippen LogP contribution >= 0.6 is 0 Å². The van der Waals surface area contributed by atoms with Gasteiger partial charge in [-0.25, -0.2) is 13.8 Å². The number of rotatable bonds is 10. The number of fused-ring (bicyclic) bond motifs is 2. The molecule has 0 aliphatic heterocycles. The fourth-order valence-corrected chi connectivity index (χ4v) is 5.10. The summed E-state index contributed by atoms with van der Waals surface area (Å²) in [6.45, 7) is 5.34. The number of aromatic nitrogens is 7. The number of nitrogens with zero attached hydrogens (tertiary/aromatic N) is 6. The van der Waals surface area contributed by atoms with Gasteiger partial charge in [0.15, 0.2) is 11.6 Å². The van der Waals surface area contributed by atoms with Crippen molar-refractivity contribution in [1.29, 1.82) is 0 Å². The molecule has 230 valence electrons. The molecule has 0 fully saturated rings. The van der Waals surface area contributed by atoms with Crippen molar-refractivity contribution in [3.63, 3.8) is 0 Å². The van der Waals surface area contributed by atoms with Crippen LogP contribution in [-0.4, -0.2) is 73.1 Å². The Morgan fingerprint density at radius 3 is 2.53 bits per heavy atom. The number of amides is 1. The van der Waals surface area contributed by atoms with E-state index in [1.165, 1.54) is 30.7 Å². The van der Waals surface area contributed by atoms with Gasteiger partial charge in [0.25, 0.3) is 0 Å². The summed E-state index contributed by atoms with van der Waals surface area (Å²) in [7, 11) is 3.94. The topological polar surface area (TPSA) is 140 Å². The quantitative estimate of drug-likeness (QED) is 0.151. The van der Waals surface area contributed by atoms with Gasteiger partial charge in [0.05, 0.1) is 46.2 Å². The number of hydrogen-bond acceptors (Lipinski definition) is 8. The van der Waals surface area contributed by atoms with Crippen LogP contribution < -0.4 is 10.6 Å². The molecule has 0 unspecified atom stereocenters. The predicted octanol–water partition coefficient (Wildman–Crippen LogP) is 5.86. The van der Waals surface area contributed by atoms with Gasteiger partial charge in [-0.05, 0) is 49.8 Å². The van der Waals surface area contributed by atoms with Crippen LogP contribution in [0.25, 0.3) is 55.8 Å². The Bertz CT molecular complexity index is 2020. The number of benzene rings is 1. The third kappa shape index (κ3) is 6.34. The summed E-state index contributed by atoms with van der Waals surface area (Å²) in [4.78, 5) is 35.1. The third-order valence-corrected chi connectivity index (χ3v) is 7.15. The van der Waals surface area contributed by atoms with Gasteiger partial charge >= 0.3 is 0 Å². The number of imidazole rings is 1. The Balaban J connectivity index is 1.37. The molecule has 5 heterocycles. The number of nitrogens with one attached hydrogen (secondary N) is 4. The van der Waals surface area contributed by atoms with E-state index in [1.807, 2.05) is 38.9 Å². The van der Waals surface area contributed by atoms with Crippen molar-refractivity contribution >= 4 is 39.2 Å². The van der Waals surface area contributed by atoms with Crippen LogP contribution in [0.5, 0.6) is 0 Å². The Morgan fingerprint density at radius 1 is 0.933 bits per heavy atom. The monoisotopic (exact) mass is 610 g/mol. The lowest BCUT2D eigenvalue weighted by Gasteiger charge is -2.12. The lowest BCUT2D eigenvalue weighted by atomic mass is 10.1. The smallest absolute Gasteiger partial charge is 0.224 e. The molecule has 0 radical (unpaired) electrons. The standard InChI is InChI=1S/C32H32F2N10O/c1-17(2)7-26(45)39-22-10-19(12-35-13-22)29-28(34)27-24(16-38-29)42-43-31(27)32-40-25-15-36-14-23(30(25)41-32)18-8-20(33)11-21(9-18)37-5-6-44(3)4/h8-17,37H,5-7H2,1-4H3,(H,39,45)(H,40,41)(H,42,43). The second-order valence-corrected chi connectivity index (χ2v) is 11.5. The summed E-state index contributed by atoms with van der Waals surface area (Å²) < 4.78 is 30.9. The molecule has 0 atom stereocenters. The number of hydrogen-bond donors (Lipinski definition) is 4. The molecule has 6 rings (SSSR count). The fraction of sp³-hybridized carbons (Fsp3) is 0.250. The first kappa shape index (κ1) is 29.8. The number of pyridine rings is 3. The van der Waals surface area contributed by atoms with Gasteiger partial charge in [-0.3, -0.25) is 24.8 Å². The van der Waals surface area contributed by atoms with E-state index < -0.39 is 11.6 Å². The average Bonchev–Trinajstić information content (AvgIpc) is 3.61. The highest BCUT2D eigenvalue weighted by atomic mass is 19.1. The highest BCUT2D eigenvalue weighted by Gasteiger charge is 2.22. The van der Waals surface area contributed by atoms with Crippen LogP contribution in [0, 0.1) is 17.6 Å². The van der Waals surface area contributed by atoms with E-state index >= 15 is 4.39 Å². The maximum Gasteiger partial charge on any atom is 0.224 e. The molecule has 6 aromatic rings. The van der Waals surface area contributed by atoms with Crippen molar-refractivity contribution in [2.24, 2.45) is 5.92 Å². The molecule has 0 aliphatic rings. The minimum absolute atomic E-state index is 0.0464. The zero-order valence-corrected chi connectivity index (χ0v) is 25.2. The molecular weight excluding hydrogens is 578 g/mol. The number of H-pyrrole nitrogens is 2. The Kier molecular flexibility index (Phi) is 8.18. The van der Waals surface area contributed by atoms with E-state index in [9.17, 15) is 9.18 Å². The molecule has 0 saturated carbocycles. The molecule has 0 spiro atoms. The predicted molar refractivity (Wildman–Crippen MR) is 170 cm³/mol. The van der Waals surface area contributed by atoms with Gasteiger partial charge in [-0.2, -0.15) is 5.10 Å². The van der Waals surface area contributed by atoms with E-state index in [4.69, 9.17) is 4.98 Å². The molecule has 1 amide bonds. The number of carbonyl (C=O) groups excluding carboxylic acids is 1. The zero-order valence-electron chi connectivity index (χ0n) is 25.2. The minimum Gasteiger partial charge on any atom is -0.384 e. The average molecular weight is 611 g/mol. The third-order valence-electron chi connectivity index (χ3n) is 7.15. The Morgan fingerprint density at radius 2 is 1.73 bits per heavy atom. The lowest BCUT2D eigenvalue weighted by molar-refractivity contribution is -0.116. The van der Waals surface area contributed by atoms with Gasteiger partial charge < -0.3 is 20.5 Å². The van der Waals surface area contributed by atoms with Crippen molar-refractivity contribution in [3.05, 3.63) is 66.9 Å². The van der Waals surface area contributed by atoms with Crippen LogP contribution in [-0.2, 0) is 4.79 Å². The molecule has 5 aromatic heterocycles. The number of aromatic amines is 2. The van der Waals surface area contributed by atoms with Crippen LogP contribution in [0.2, 0.25) is 0 Å². The molecule has 0 bridgehead atoms. The highest BCUT2D eigenvalue weighted by Crippen LogP contribution is 2.35. The van der Waals surface area contributed by atoms with E-state index in [-0.39, 0.29) is 28.6 Å². The van der Waals surface area contributed by atoms with Crippen LogP contribution in [0.15, 0.2) is 55.2 Å². The SMILES string of the molecule is CC(C)CC(=O)Nc1cncc(-c2ncc3[nH]nc(-c4nc5c(-c6cc(F)cc(NCCN(C)C)c6)cncc5[nH]4)c3c2F)c1. The molecule has 13 heteroatoms. The minimum atomic E-state index is -0.624. The molecule has 1 aromatic carbocycles. The first-order valence-electron chi connectivity index (χ1n) is 14.5. The summed E-state index contributed by atoms with van der Waals surface area (Å²) in [5.41, 5.74) is 4.44. The van der Waals surface area contributed by atoms with Crippen LogP contribution in [0.3, 0.4) is 0 Å². The van der Waals surface area contributed by atoms with Crippen molar-refractivity contribution in [2.75, 3.05) is 37.8 Å². The molecular formula is C32H32F2N10O. The van der Waals surface area contributed by atoms with Gasteiger partial charge in [0, 0.05) is 48.7 Å². The van der Waals surface area contributed by atoms with E-state index in [2.05, 4.69) is 40.8 Å². The van der Waals surface area contributed by atoms with Crippen molar-refractivity contribution in [2.45, 2.75) is 20.3 Å². The Labute approximate surface area is 257 Å². The maximum atomic E-state index is 16.2. The first-order chi connectivity index (χ1) is 21.7. The molecule has 4 N–H and O–H groups in total. The van der Waals surface area contributed by atoms with Crippen molar-refractivity contribution in [1.82, 2.24) is 40.0 Å². The number of likely N-dealkylation sites (N-methyl/N-ethyl adjacent to an activating group) is 1. The fourth-order valence-electron chi connectivity index (χ4n) is 5.10. The Hall–Kier alpha value is -5.30. The summed E-state index contributed by atoms with van der Waals surface area (Å²) >= 11 is 0. The van der Waals surface area contributed by atoms with Gasteiger partial charge in [-0.15, -0.1) is 0 Å². The normalized spacial score (nSPS) is 11.6. The van der Waals surface area contributed by atoms with E-state index in [0.717, 1.165) is 6.54 Å². The second kappa shape index (κ2) is 12.4. The zero-order chi connectivity index (χ0) is 31.7. The van der Waals surface area contributed by atoms with Crippen molar-refractivity contribution in [3.8, 4) is 33.9 Å². The van der Waals surface area contributed by atoms with Crippen molar-refractivity contribution < 1.29 is 13.6 Å². The summed E-state index contributed by atoms with van der Waals surface area (Å²) in [5, 5.41) is 13.4. The second-order valence-electron chi connectivity index (χ2n) is 11.5. The highest BCUT2D eigenvalue weighted by molar-refractivity contribution is 5.98. The van der Waals surface area contributed by atoms with Gasteiger partial charge in [0.1, 0.15) is 17.2 Å². The summed E-state index contributed by atoms with van der Waals surface area (Å²) in [6, 6.07) is 6.34. The molecule has 11 nitrogen and oxygen atoms in total. The van der Waals surface area contributed by atoms with Crippen LogP contribution in [0.4, 0.5) is 20.2 Å². The largest absolute Gasteiger partial charge is 0.384 e. The van der Waals surface area contributed by atoms with Crippen LogP contribution in [0.1, 0.15) is 20.3 Å².